The van der Waals surface area contributed by atoms with Crippen molar-refractivity contribution in [3.05, 3.63) is 24.2 Å². The number of furan rings is 1. The molecule has 2 heterocycles. The van der Waals surface area contributed by atoms with E-state index < -0.39 is 0 Å². The molecule has 1 saturated heterocycles. The quantitative estimate of drug-likeness (QED) is 0.799. The molecule has 17 heavy (non-hydrogen) atoms. The summed E-state index contributed by atoms with van der Waals surface area (Å²) in [5.41, 5.74) is 0. The molecule has 2 unspecified atom stereocenters. The summed E-state index contributed by atoms with van der Waals surface area (Å²) in [4.78, 5) is 4.64. The van der Waals surface area contributed by atoms with Gasteiger partial charge in [0.25, 0.3) is 0 Å². The molecule has 0 N–H and O–H groups in total. The van der Waals surface area contributed by atoms with E-state index in [1.54, 1.807) is 6.26 Å². The van der Waals surface area contributed by atoms with Crippen LogP contribution in [-0.4, -0.2) is 42.0 Å². The molecule has 0 saturated carbocycles. The van der Waals surface area contributed by atoms with Crippen LogP contribution in [0.4, 0.5) is 0 Å². The fraction of sp³-hybridized carbons (Fsp3) is 0.615. The zero-order valence-corrected chi connectivity index (χ0v) is 10.5. The van der Waals surface area contributed by atoms with E-state index in [4.69, 9.17) is 4.42 Å². The van der Waals surface area contributed by atoms with E-state index in [9.17, 15) is 5.26 Å². The van der Waals surface area contributed by atoms with Gasteiger partial charge in [0.1, 0.15) is 5.76 Å². The Morgan fingerprint density at radius 3 is 2.94 bits per heavy atom. The van der Waals surface area contributed by atoms with Crippen molar-refractivity contribution in [2.45, 2.75) is 25.9 Å². The smallest absolute Gasteiger partial charge is 0.157 e. The van der Waals surface area contributed by atoms with Gasteiger partial charge in [0.05, 0.1) is 12.3 Å². The number of nitrogens with zero attached hydrogens (tertiary/aromatic N) is 3. The third-order valence-corrected chi connectivity index (χ3v) is 3.48. The highest BCUT2D eigenvalue weighted by Gasteiger charge is 2.31. The van der Waals surface area contributed by atoms with Gasteiger partial charge in [-0.2, -0.15) is 5.26 Å². The van der Waals surface area contributed by atoms with Crippen molar-refractivity contribution in [3.63, 3.8) is 0 Å². The summed E-state index contributed by atoms with van der Waals surface area (Å²) in [5, 5.41) is 9.33. The second-order valence-corrected chi connectivity index (χ2v) is 4.53. The monoisotopic (exact) mass is 233 g/mol. The Bertz CT molecular complexity index is 382. The van der Waals surface area contributed by atoms with Crippen molar-refractivity contribution in [2.75, 3.05) is 26.2 Å². The molecule has 0 aromatic carbocycles. The molecule has 1 aromatic heterocycles. The lowest BCUT2D eigenvalue weighted by Crippen LogP contribution is -2.52. The van der Waals surface area contributed by atoms with Crippen LogP contribution >= 0.6 is 0 Å². The zero-order valence-electron chi connectivity index (χ0n) is 10.5. The molecule has 2 atom stereocenters. The minimum atomic E-state index is -0.251. The van der Waals surface area contributed by atoms with Gasteiger partial charge in [0, 0.05) is 25.7 Å². The molecule has 4 nitrogen and oxygen atoms in total. The van der Waals surface area contributed by atoms with E-state index in [0.717, 1.165) is 31.9 Å². The van der Waals surface area contributed by atoms with Gasteiger partial charge in [-0.05, 0) is 25.6 Å². The van der Waals surface area contributed by atoms with Gasteiger partial charge >= 0.3 is 0 Å². The van der Waals surface area contributed by atoms with Crippen molar-refractivity contribution < 1.29 is 4.42 Å². The van der Waals surface area contributed by atoms with Crippen LogP contribution in [0.15, 0.2) is 22.8 Å². The summed E-state index contributed by atoms with van der Waals surface area (Å²) in [6, 6.07) is 6.21. The maximum absolute atomic E-state index is 9.33. The van der Waals surface area contributed by atoms with Gasteiger partial charge in [-0.25, -0.2) is 0 Å². The Morgan fingerprint density at radius 2 is 2.41 bits per heavy atom. The SMILES string of the molecule is CCN1CCN(C(C#N)c2ccco2)C(C)C1. The highest BCUT2D eigenvalue weighted by atomic mass is 16.3. The number of piperazine rings is 1. The van der Waals surface area contributed by atoms with Crippen LogP contribution in [0.3, 0.4) is 0 Å². The summed E-state index contributed by atoms with van der Waals surface area (Å²) in [6.45, 7) is 8.41. The van der Waals surface area contributed by atoms with Crippen molar-refractivity contribution in [2.24, 2.45) is 0 Å². The standard InChI is InChI=1S/C13H19N3O/c1-3-15-6-7-16(11(2)10-15)12(9-14)13-5-4-8-17-13/h4-5,8,11-12H,3,6-7,10H2,1-2H3. The molecule has 0 spiro atoms. The van der Waals surface area contributed by atoms with E-state index >= 15 is 0 Å². The topological polar surface area (TPSA) is 43.4 Å². The largest absolute Gasteiger partial charge is 0.467 e. The first-order chi connectivity index (χ1) is 8.26. The lowest BCUT2D eigenvalue weighted by molar-refractivity contribution is 0.0618. The lowest BCUT2D eigenvalue weighted by atomic mass is 10.1. The Hall–Kier alpha value is -1.31. The lowest BCUT2D eigenvalue weighted by Gasteiger charge is -2.40. The first kappa shape index (κ1) is 12.2. The van der Waals surface area contributed by atoms with E-state index in [-0.39, 0.29) is 6.04 Å². The molecule has 0 aliphatic carbocycles. The first-order valence-corrected chi connectivity index (χ1v) is 6.17. The number of rotatable bonds is 3. The average molecular weight is 233 g/mol. The molecule has 0 bridgehead atoms. The number of nitriles is 1. The number of likely N-dealkylation sites (N-methyl/N-ethyl adjacent to an activating group) is 1. The molecule has 1 aromatic rings. The van der Waals surface area contributed by atoms with Crippen LogP contribution < -0.4 is 0 Å². The van der Waals surface area contributed by atoms with Gasteiger partial charge in [-0.3, -0.25) is 4.90 Å². The Balaban J connectivity index is 2.09. The van der Waals surface area contributed by atoms with Crippen molar-refractivity contribution in [3.8, 4) is 6.07 Å². The predicted octanol–water partition coefficient (Wildman–Crippen LogP) is 1.87. The highest BCUT2D eigenvalue weighted by Crippen LogP contribution is 2.25. The van der Waals surface area contributed by atoms with Gasteiger partial charge in [-0.15, -0.1) is 0 Å². The Kier molecular flexibility index (Phi) is 3.82. The minimum Gasteiger partial charge on any atom is -0.467 e. The van der Waals surface area contributed by atoms with Gasteiger partial charge in [0.15, 0.2) is 6.04 Å². The maximum Gasteiger partial charge on any atom is 0.157 e. The molecule has 1 aliphatic rings. The van der Waals surface area contributed by atoms with Crippen molar-refractivity contribution in [1.29, 1.82) is 5.26 Å². The fourth-order valence-corrected chi connectivity index (χ4v) is 2.47. The summed E-state index contributed by atoms with van der Waals surface area (Å²) in [7, 11) is 0. The van der Waals surface area contributed by atoms with Crippen LogP contribution in [0.25, 0.3) is 0 Å². The van der Waals surface area contributed by atoms with E-state index in [1.165, 1.54) is 0 Å². The third-order valence-electron chi connectivity index (χ3n) is 3.48. The molecule has 0 radical (unpaired) electrons. The molecule has 92 valence electrons. The van der Waals surface area contributed by atoms with Crippen LogP contribution in [0.5, 0.6) is 0 Å². The number of hydrogen-bond donors (Lipinski definition) is 0. The molecule has 0 amide bonds. The van der Waals surface area contributed by atoms with Gasteiger partial charge in [-0.1, -0.05) is 6.92 Å². The first-order valence-electron chi connectivity index (χ1n) is 6.17. The molecule has 2 rings (SSSR count). The summed E-state index contributed by atoms with van der Waals surface area (Å²) in [6.07, 6.45) is 1.63. The molecule has 1 aliphatic heterocycles. The average Bonchev–Trinajstić information content (AvgIpc) is 2.85. The third kappa shape index (κ3) is 2.51. The van der Waals surface area contributed by atoms with Crippen LogP contribution in [-0.2, 0) is 0 Å². The van der Waals surface area contributed by atoms with Crippen molar-refractivity contribution in [1.82, 2.24) is 9.80 Å². The van der Waals surface area contributed by atoms with Gasteiger partial charge < -0.3 is 9.32 Å². The van der Waals surface area contributed by atoms with Crippen LogP contribution in [0.1, 0.15) is 25.6 Å². The van der Waals surface area contributed by atoms with Crippen LogP contribution in [0, 0.1) is 11.3 Å². The molecular weight excluding hydrogens is 214 g/mol. The second kappa shape index (κ2) is 5.35. The summed E-state index contributed by atoms with van der Waals surface area (Å²) in [5.74, 6) is 0.754. The maximum atomic E-state index is 9.33. The zero-order chi connectivity index (χ0) is 12.3. The van der Waals surface area contributed by atoms with E-state index in [0.29, 0.717) is 6.04 Å². The van der Waals surface area contributed by atoms with Crippen LogP contribution in [0.2, 0.25) is 0 Å². The summed E-state index contributed by atoms with van der Waals surface area (Å²) < 4.78 is 5.36. The highest BCUT2D eigenvalue weighted by molar-refractivity contribution is 5.14. The van der Waals surface area contributed by atoms with E-state index in [2.05, 4.69) is 29.7 Å². The van der Waals surface area contributed by atoms with Gasteiger partial charge in [0.2, 0.25) is 0 Å². The Labute approximate surface area is 102 Å². The normalized spacial score (nSPS) is 24.4. The minimum absolute atomic E-state index is 0.251. The second-order valence-electron chi connectivity index (χ2n) is 4.53. The molecular formula is C13H19N3O. The fourth-order valence-electron chi connectivity index (χ4n) is 2.47. The van der Waals surface area contributed by atoms with Crippen molar-refractivity contribution >= 4 is 0 Å². The molecule has 4 heteroatoms. The summed E-state index contributed by atoms with van der Waals surface area (Å²) >= 11 is 0. The predicted molar refractivity (Wildman–Crippen MR) is 65.3 cm³/mol. The van der Waals surface area contributed by atoms with E-state index in [1.807, 2.05) is 12.1 Å². The molecule has 1 fully saturated rings. The Morgan fingerprint density at radius 1 is 1.59 bits per heavy atom. The number of hydrogen-bond acceptors (Lipinski definition) is 4.